The number of hydrogen-bond acceptors (Lipinski definition) is 6. The average Bonchev–Trinajstić information content (AvgIpc) is 1.96. The molecule has 0 aliphatic carbocycles. The Morgan fingerprint density at radius 2 is 0.714 bits per heavy atom. The highest BCUT2D eigenvalue weighted by molar-refractivity contribution is 4.61. The zero-order valence-corrected chi connectivity index (χ0v) is 8.99. The molecule has 0 spiro atoms. The SMILES string of the molecule is CC(O)N(C(C)O)N(C(C)O)C(C)O. The summed E-state index contributed by atoms with van der Waals surface area (Å²) < 4.78 is 0. The Hall–Kier alpha value is -0.240. The standard InChI is InChI=1S/C8H20N2O4/c1-5(11)9(6(2)12)10(7(3)13)8(4)14/h5-8,11-14H,1-4H3. The smallest absolute Gasteiger partial charge is 0.120 e. The van der Waals surface area contributed by atoms with Crippen LogP contribution in [0.3, 0.4) is 0 Å². The molecule has 0 radical (unpaired) electrons. The van der Waals surface area contributed by atoms with Crippen molar-refractivity contribution in [2.24, 2.45) is 0 Å². The molecule has 0 amide bonds. The first-order chi connectivity index (χ1) is 6.29. The van der Waals surface area contributed by atoms with E-state index >= 15 is 0 Å². The van der Waals surface area contributed by atoms with E-state index in [2.05, 4.69) is 0 Å². The van der Waals surface area contributed by atoms with Crippen LogP contribution in [-0.2, 0) is 0 Å². The number of hydrogen-bond donors (Lipinski definition) is 4. The summed E-state index contributed by atoms with van der Waals surface area (Å²) in [6.45, 7) is 5.74. The zero-order chi connectivity index (χ0) is 11.5. The molecule has 0 fully saturated rings. The van der Waals surface area contributed by atoms with Gasteiger partial charge in [0.1, 0.15) is 24.9 Å². The summed E-state index contributed by atoms with van der Waals surface area (Å²) in [5.41, 5.74) is 0. The lowest BCUT2D eigenvalue weighted by atomic mass is 10.4. The normalized spacial score (nSPS) is 21.0. The van der Waals surface area contributed by atoms with E-state index in [0.717, 1.165) is 10.0 Å². The van der Waals surface area contributed by atoms with Gasteiger partial charge in [-0.2, -0.15) is 10.0 Å². The maximum absolute atomic E-state index is 9.35. The van der Waals surface area contributed by atoms with E-state index in [-0.39, 0.29) is 0 Å². The Balaban J connectivity index is 4.74. The van der Waals surface area contributed by atoms with Crippen LogP contribution in [0.15, 0.2) is 0 Å². The first-order valence-electron chi connectivity index (χ1n) is 4.57. The fourth-order valence-electron chi connectivity index (χ4n) is 1.40. The molecule has 0 rings (SSSR count). The van der Waals surface area contributed by atoms with Gasteiger partial charge < -0.3 is 20.4 Å². The first-order valence-corrected chi connectivity index (χ1v) is 4.57. The predicted molar refractivity (Wildman–Crippen MR) is 50.4 cm³/mol. The minimum absolute atomic E-state index is 1.00. The van der Waals surface area contributed by atoms with Crippen LogP contribution in [0.2, 0.25) is 0 Å². The minimum Gasteiger partial charge on any atom is -0.377 e. The number of aliphatic hydroxyl groups is 4. The molecule has 0 saturated heterocycles. The molecule has 0 aliphatic rings. The molecule has 4 unspecified atom stereocenters. The van der Waals surface area contributed by atoms with Crippen LogP contribution < -0.4 is 0 Å². The lowest BCUT2D eigenvalue weighted by Crippen LogP contribution is -2.58. The highest BCUT2D eigenvalue weighted by atomic mass is 16.4. The fourth-order valence-corrected chi connectivity index (χ4v) is 1.40. The second-order valence-corrected chi connectivity index (χ2v) is 3.29. The molecule has 0 aromatic heterocycles. The van der Waals surface area contributed by atoms with Gasteiger partial charge in [0.15, 0.2) is 0 Å². The molecule has 0 aliphatic heterocycles. The Morgan fingerprint density at radius 1 is 0.571 bits per heavy atom. The predicted octanol–water partition coefficient (Wildman–Crippen LogP) is -1.14. The van der Waals surface area contributed by atoms with E-state index in [9.17, 15) is 20.4 Å². The molecule has 14 heavy (non-hydrogen) atoms. The van der Waals surface area contributed by atoms with Gasteiger partial charge in [-0.3, -0.25) is 0 Å². The van der Waals surface area contributed by atoms with Gasteiger partial charge in [-0.25, -0.2) is 0 Å². The lowest BCUT2D eigenvalue weighted by Gasteiger charge is -2.41. The van der Waals surface area contributed by atoms with Gasteiger partial charge in [-0.15, -0.1) is 0 Å². The van der Waals surface area contributed by atoms with Gasteiger partial charge in [-0.1, -0.05) is 0 Å². The van der Waals surface area contributed by atoms with E-state index in [1.807, 2.05) is 0 Å². The molecule has 4 atom stereocenters. The third-order valence-corrected chi connectivity index (χ3v) is 1.80. The molecule has 0 aromatic carbocycles. The summed E-state index contributed by atoms with van der Waals surface area (Å²) in [7, 11) is 0. The Labute approximate surface area is 84.0 Å². The van der Waals surface area contributed by atoms with E-state index in [1.165, 1.54) is 27.7 Å². The number of rotatable bonds is 5. The summed E-state index contributed by atoms with van der Waals surface area (Å²) in [6.07, 6.45) is -4.00. The minimum atomic E-state index is -1.00. The van der Waals surface area contributed by atoms with Crippen molar-refractivity contribution >= 4 is 0 Å². The van der Waals surface area contributed by atoms with E-state index in [4.69, 9.17) is 0 Å². The van der Waals surface area contributed by atoms with Crippen LogP contribution >= 0.6 is 0 Å². The van der Waals surface area contributed by atoms with Crippen LogP contribution in [0.1, 0.15) is 27.7 Å². The summed E-state index contributed by atoms with van der Waals surface area (Å²) in [5.74, 6) is 0. The third-order valence-electron chi connectivity index (χ3n) is 1.80. The van der Waals surface area contributed by atoms with Crippen LogP contribution in [0.4, 0.5) is 0 Å². The van der Waals surface area contributed by atoms with Crippen molar-refractivity contribution in [2.75, 3.05) is 0 Å². The van der Waals surface area contributed by atoms with E-state index in [1.54, 1.807) is 0 Å². The second-order valence-electron chi connectivity index (χ2n) is 3.29. The molecule has 6 heteroatoms. The summed E-state index contributed by atoms with van der Waals surface area (Å²) >= 11 is 0. The molecule has 0 aromatic rings. The maximum Gasteiger partial charge on any atom is 0.120 e. The summed E-state index contributed by atoms with van der Waals surface area (Å²) in [5, 5.41) is 39.6. The van der Waals surface area contributed by atoms with E-state index in [0.29, 0.717) is 0 Å². The topological polar surface area (TPSA) is 87.4 Å². The number of hydrazine groups is 1. The van der Waals surface area contributed by atoms with Crippen molar-refractivity contribution in [3.8, 4) is 0 Å². The van der Waals surface area contributed by atoms with Gasteiger partial charge in [0, 0.05) is 0 Å². The van der Waals surface area contributed by atoms with Crippen molar-refractivity contribution in [1.82, 2.24) is 10.0 Å². The number of aliphatic hydroxyl groups excluding tert-OH is 4. The second kappa shape index (κ2) is 5.59. The van der Waals surface area contributed by atoms with Gasteiger partial charge in [0.2, 0.25) is 0 Å². The molecule has 0 heterocycles. The van der Waals surface area contributed by atoms with Crippen molar-refractivity contribution in [2.45, 2.75) is 52.6 Å². The van der Waals surface area contributed by atoms with Crippen molar-refractivity contribution in [1.29, 1.82) is 0 Å². The van der Waals surface area contributed by atoms with Gasteiger partial charge >= 0.3 is 0 Å². The van der Waals surface area contributed by atoms with Gasteiger partial charge in [0.25, 0.3) is 0 Å². The quantitative estimate of drug-likeness (QED) is 0.337. The Bertz CT molecular complexity index is 127. The van der Waals surface area contributed by atoms with Crippen molar-refractivity contribution in [3.05, 3.63) is 0 Å². The van der Waals surface area contributed by atoms with Crippen LogP contribution in [0, 0.1) is 0 Å². The Morgan fingerprint density at radius 3 is 0.786 bits per heavy atom. The highest BCUT2D eigenvalue weighted by Gasteiger charge is 2.30. The average molecular weight is 208 g/mol. The van der Waals surface area contributed by atoms with Gasteiger partial charge in [0.05, 0.1) is 0 Å². The maximum atomic E-state index is 9.35. The molecule has 0 bridgehead atoms. The fraction of sp³-hybridized carbons (Fsp3) is 1.00. The lowest BCUT2D eigenvalue weighted by molar-refractivity contribution is -0.291. The molecular weight excluding hydrogens is 188 g/mol. The third kappa shape index (κ3) is 3.49. The largest absolute Gasteiger partial charge is 0.377 e. The first kappa shape index (κ1) is 13.8. The van der Waals surface area contributed by atoms with E-state index < -0.39 is 24.9 Å². The van der Waals surface area contributed by atoms with Crippen molar-refractivity contribution in [3.63, 3.8) is 0 Å². The summed E-state index contributed by atoms with van der Waals surface area (Å²) in [6, 6.07) is 0. The molecule has 6 nitrogen and oxygen atoms in total. The zero-order valence-electron chi connectivity index (χ0n) is 8.99. The van der Waals surface area contributed by atoms with Crippen LogP contribution in [-0.4, -0.2) is 55.4 Å². The van der Waals surface area contributed by atoms with Gasteiger partial charge in [-0.05, 0) is 27.7 Å². The van der Waals surface area contributed by atoms with Crippen LogP contribution in [0.5, 0.6) is 0 Å². The number of nitrogens with zero attached hydrogens (tertiary/aromatic N) is 2. The monoisotopic (exact) mass is 208 g/mol. The summed E-state index contributed by atoms with van der Waals surface area (Å²) in [4.78, 5) is 0. The molecular formula is C8H20N2O4. The molecule has 4 N–H and O–H groups in total. The highest BCUT2D eigenvalue weighted by Crippen LogP contribution is 2.12. The van der Waals surface area contributed by atoms with Crippen LogP contribution in [0.25, 0.3) is 0 Å². The Kier molecular flexibility index (Phi) is 5.50. The van der Waals surface area contributed by atoms with Crippen molar-refractivity contribution < 1.29 is 20.4 Å². The molecule has 86 valence electrons. The molecule has 0 saturated carbocycles.